The molecule has 1 N–H and O–H groups in total. The minimum absolute atomic E-state index is 0.0143. The zero-order valence-electron chi connectivity index (χ0n) is 17.0. The van der Waals surface area contributed by atoms with Crippen molar-refractivity contribution < 1.29 is 9.59 Å². The fourth-order valence-electron chi connectivity index (χ4n) is 3.36. The second-order valence-electron chi connectivity index (χ2n) is 7.37. The van der Waals surface area contributed by atoms with Crippen LogP contribution < -0.4 is 10.2 Å². The fourth-order valence-corrected chi connectivity index (χ4v) is 3.36. The van der Waals surface area contributed by atoms with Gasteiger partial charge in [0.15, 0.2) is 5.78 Å². The summed E-state index contributed by atoms with van der Waals surface area (Å²) in [6.45, 7) is 7.34. The Morgan fingerprint density at radius 3 is 2.38 bits per heavy atom. The Bertz CT molecular complexity index is 787. The molecule has 1 aromatic heterocycles. The maximum Gasteiger partial charge on any atom is 0.225 e. The Hall–Kier alpha value is -2.80. The summed E-state index contributed by atoms with van der Waals surface area (Å²) < 4.78 is 0. The Kier molecular flexibility index (Phi) is 7.69. The number of rotatable bonds is 9. The van der Waals surface area contributed by atoms with Crippen LogP contribution in [0.3, 0.4) is 0 Å². The van der Waals surface area contributed by atoms with Crippen molar-refractivity contribution in [3.05, 3.63) is 53.9 Å². The first-order valence-corrected chi connectivity index (χ1v) is 10.2. The van der Waals surface area contributed by atoms with E-state index in [0.29, 0.717) is 12.1 Å². The fraction of sp³-hybridized carbons (Fsp3) is 0.455. The minimum atomic E-state index is -0.0588. The Labute approximate surface area is 172 Å². The molecule has 154 valence electrons. The standard InChI is InChI=1S/C22H29N5O2/c1-18-4-6-19(7-5-18)20(28)8-9-21(29)23-12-3-13-26-14-16-27(17-15-26)22-24-10-2-11-25-22/h2,4-7,10-11H,3,8-9,12-17H2,1H3,(H,23,29). The molecule has 1 aliphatic rings. The molecule has 3 rings (SSSR count). The highest BCUT2D eigenvalue weighted by Gasteiger charge is 2.18. The van der Waals surface area contributed by atoms with Crippen LogP contribution in [0.5, 0.6) is 0 Å². The molecule has 7 nitrogen and oxygen atoms in total. The van der Waals surface area contributed by atoms with Gasteiger partial charge in [0.25, 0.3) is 0 Å². The second kappa shape index (κ2) is 10.7. The summed E-state index contributed by atoms with van der Waals surface area (Å²) >= 11 is 0. The Morgan fingerprint density at radius 1 is 1.00 bits per heavy atom. The van der Waals surface area contributed by atoms with Gasteiger partial charge in [0.2, 0.25) is 11.9 Å². The third kappa shape index (κ3) is 6.64. The van der Waals surface area contributed by atoms with Gasteiger partial charge >= 0.3 is 0 Å². The molecule has 1 fully saturated rings. The van der Waals surface area contributed by atoms with Gasteiger partial charge in [-0.15, -0.1) is 0 Å². The molecular weight excluding hydrogens is 366 g/mol. The Balaban J connectivity index is 1.26. The molecule has 0 saturated carbocycles. The number of carbonyl (C=O) groups is 2. The third-order valence-electron chi connectivity index (χ3n) is 5.13. The number of amides is 1. The van der Waals surface area contributed by atoms with E-state index < -0.39 is 0 Å². The predicted octanol–water partition coefficient (Wildman–Crippen LogP) is 2.08. The summed E-state index contributed by atoms with van der Waals surface area (Å²) in [5, 5.41) is 2.92. The van der Waals surface area contributed by atoms with Crippen LogP contribution in [0.1, 0.15) is 35.2 Å². The molecule has 1 aliphatic heterocycles. The van der Waals surface area contributed by atoms with Crippen LogP contribution >= 0.6 is 0 Å². The normalized spacial score (nSPS) is 14.6. The predicted molar refractivity (Wildman–Crippen MR) is 113 cm³/mol. The van der Waals surface area contributed by atoms with Gasteiger partial charge in [-0.3, -0.25) is 14.5 Å². The lowest BCUT2D eigenvalue weighted by molar-refractivity contribution is -0.121. The first-order valence-electron chi connectivity index (χ1n) is 10.2. The number of carbonyl (C=O) groups excluding carboxylic acids is 2. The number of hydrogen-bond acceptors (Lipinski definition) is 6. The van der Waals surface area contributed by atoms with Crippen molar-refractivity contribution in [2.24, 2.45) is 0 Å². The average Bonchev–Trinajstić information content (AvgIpc) is 2.76. The lowest BCUT2D eigenvalue weighted by Gasteiger charge is -2.34. The Morgan fingerprint density at radius 2 is 1.69 bits per heavy atom. The first-order chi connectivity index (χ1) is 14.1. The molecule has 0 aliphatic carbocycles. The smallest absolute Gasteiger partial charge is 0.225 e. The first kappa shape index (κ1) is 20.9. The highest BCUT2D eigenvalue weighted by atomic mass is 16.2. The monoisotopic (exact) mass is 395 g/mol. The molecule has 2 aromatic rings. The number of piperazine rings is 1. The molecule has 1 saturated heterocycles. The van der Waals surface area contributed by atoms with E-state index >= 15 is 0 Å². The summed E-state index contributed by atoms with van der Waals surface area (Å²) in [6.07, 6.45) is 4.93. The summed E-state index contributed by atoms with van der Waals surface area (Å²) in [6, 6.07) is 9.30. The third-order valence-corrected chi connectivity index (χ3v) is 5.13. The highest BCUT2D eigenvalue weighted by Crippen LogP contribution is 2.10. The van der Waals surface area contributed by atoms with Crippen LogP contribution in [0.25, 0.3) is 0 Å². The number of anilines is 1. The van der Waals surface area contributed by atoms with Crippen LogP contribution in [-0.2, 0) is 4.79 Å². The van der Waals surface area contributed by atoms with Crippen molar-refractivity contribution in [3.8, 4) is 0 Å². The molecule has 0 radical (unpaired) electrons. The van der Waals surface area contributed by atoms with Crippen molar-refractivity contribution in [1.29, 1.82) is 0 Å². The van der Waals surface area contributed by atoms with Crippen molar-refractivity contribution in [3.63, 3.8) is 0 Å². The van der Waals surface area contributed by atoms with E-state index in [-0.39, 0.29) is 24.5 Å². The van der Waals surface area contributed by atoms with Crippen molar-refractivity contribution in [2.75, 3.05) is 44.2 Å². The van der Waals surface area contributed by atoms with Crippen LogP contribution in [0.2, 0.25) is 0 Å². The van der Waals surface area contributed by atoms with E-state index in [2.05, 4.69) is 25.1 Å². The molecule has 7 heteroatoms. The average molecular weight is 396 g/mol. The van der Waals surface area contributed by atoms with Crippen molar-refractivity contribution in [1.82, 2.24) is 20.2 Å². The number of benzene rings is 1. The zero-order valence-corrected chi connectivity index (χ0v) is 17.0. The second-order valence-corrected chi connectivity index (χ2v) is 7.37. The SMILES string of the molecule is Cc1ccc(C(=O)CCC(=O)NCCCN2CCN(c3ncccn3)CC2)cc1. The maximum absolute atomic E-state index is 12.1. The van der Waals surface area contributed by atoms with Crippen LogP contribution in [0.4, 0.5) is 5.95 Å². The van der Waals surface area contributed by atoms with Gasteiger partial charge in [-0.25, -0.2) is 9.97 Å². The molecule has 0 unspecified atom stereocenters. The van der Waals surface area contributed by atoms with Crippen LogP contribution in [0, 0.1) is 6.92 Å². The number of Topliss-reactive ketones (excluding diaryl/α,β-unsaturated/α-hetero) is 1. The van der Waals surface area contributed by atoms with E-state index in [4.69, 9.17) is 0 Å². The van der Waals surface area contributed by atoms with Gasteiger partial charge in [-0.2, -0.15) is 0 Å². The highest BCUT2D eigenvalue weighted by molar-refractivity contribution is 5.97. The quantitative estimate of drug-likeness (QED) is 0.517. The largest absolute Gasteiger partial charge is 0.356 e. The molecule has 0 spiro atoms. The number of nitrogens with one attached hydrogen (secondary N) is 1. The summed E-state index contributed by atoms with van der Waals surface area (Å²) in [5.74, 6) is 0.747. The number of aryl methyl sites for hydroxylation is 1. The van der Waals surface area contributed by atoms with Gasteiger partial charge in [0.05, 0.1) is 0 Å². The van der Waals surface area contributed by atoms with E-state index in [1.807, 2.05) is 37.3 Å². The summed E-state index contributed by atoms with van der Waals surface area (Å²) in [5.41, 5.74) is 1.79. The van der Waals surface area contributed by atoms with Crippen LogP contribution in [0.15, 0.2) is 42.7 Å². The number of ketones is 1. The molecule has 29 heavy (non-hydrogen) atoms. The van der Waals surface area contributed by atoms with E-state index in [1.54, 1.807) is 12.4 Å². The van der Waals surface area contributed by atoms with Gasteiger partial charge < -0.3 is 10.2 Å². The lowest BCUT2D eigenvalue weighted by Crippen LogP contribution is -2.47. The number of nitrogens with zero attached hydrogens (tertiary/aromatic N) is 4. The lowest BCUT2D eigenvalue weighted by atomic mass is 10.1. The maximum atomic E-state index is 12.1. The van der Waals surface area contributed by atoms with Gasteiger partial charge in [-0.1, -0.05) is 29.8 Å². The minimum Gasteiger partial charge on any atom is -0.356 e. The number of hydrogen-bond donors (Lipinski definition) is 1. The van der Waals surface area contributed by atoms with Crippen molar-refractivity contribution in [2.45, 2.75) is 26.2 Å². The summed E-state index contributed by atoms with van der Waals surface area (Å²) in [7, 11) is 0. The molecule has 0 atom stereocenters. The molecule has 2 heterocycles. The molecular formula is C22H29N5O2. The van der Waals surface area contributed by atoms with E-state index in [1.165, 1.54) is 0 Å². The number of aromatic nitrogens is 2. The van der Waals surface area contributed by atoms with Crippen LogP contribution in [-0.4, -0.2) is 65.8 Å². The van der Waals surface area contributed by atoms with Gasteiger partial charge in [-0.05, 0) is 26.0 Å². The van der Waals surface area contributed by atoms with Gasteiger partial charge in [0, 0.05) is 63.5 Å². The molecule has 1 aromatic carbocycles. The van der Waals surface area contributed by atoms with Gasteiger partial charge in [0.1, 0.15) is 0 Å². The topological polar surface area (TPSA) is 78.4 Å². The zero-order chi connectivity index (χ0) is 20.5. The van der Waals surface area contributed by atoms with E-state index in [9.17, 15) is 9.59 Å². The molecule has 1 amide bonds. The summed E-state index contributed by atoms with van der Waals surface area (Å²) in [4.78, 5) is 37.3. The molecule has 0 bridgehead atoms. The van der Waals surface area contributed by atoms with E-state index in [0.717, 1.165) is 50.7 Å². The van der Waals surface area contributed by atoms with Crippen molar-refractivity contribution >= 4 is 17.6 Å².